The van der Waals surface area contributed by atoms with Crippen LogP contribution < -0.4 is 5.32 Å². The average Bonchev–Trinajstić information content (AvgIpc) is 2.70. The molecule has 0 spiro atoms. The molecule has 0 saturated heterocycles. The summed E-state index contributed by atoms with van der Waals surface area (Å²) in [5.74, 6) is 0.915. The molecule has 6 heteroatoms. The Bertz CT molecular complexity index is 564. The fourth-order valence-corrected chi connectivity index (χ4v) is 2.98. The molecule has 1 N–H and O–H groups in total. The van der Waals surface area contributed by atoms with Crippen molar-refractivity contribution >= 4 is 17.6 Å². The average molecular weight is 277 g/mol. The Morgan fingerprint density at radius 3 is 2.74 bits per heavy atom. The zero-order chi connectivity index (χ0) is 13.8. The van der Waals surface area contributed by atoms with Gasteiger partial charge in [0.15, 0.2) is 0 Å². The highest BCUT2D eigenvalue weighted by atomic mass is 32.2. The summed E-state index contributed by atoms with van der Waals surface area (Å²) >= 11 is 1.64. The van der Waals surface area contributed by atoms with Crippen LogP contribution in [0.15, 0.2) is 22.4 Å². The lowest BCUT2D eigenvalue weighted by Crippen LogP contribution is -2.03. The first-order valence-corrected chi connectivity index (χ1v) is 7.17. The maximum Gasteiger partial charge on any atom is 0.133 e. The highest BCUT2D eigenvalue weighted by molar-refractivity contribution is 7.99. The van der Waals surface area contributed by atoms with Gasteiger partial charge in [-0.1, -0.05) is 13.3 Å². The van der Waals surface area contributed by atoms with Gasteiger partial charge in [-0.25, -0.2) is 9.97 Å². The second-order valence-corrected chi connectivity index (χ2v) is 5.36. The molecule has 0 saturated carbocycles. The number of hydrogen-bond acceptors (Lipinski definition) is 5. The van der Waals surface area contributed by atoms with E-state index in [-0.39, 0.29) is 0 Å². The molecule has 0 radical (unpaired) electrons. The number of nitrogens with zero attached hydrogens (tertiary/aromatic N) is 4. The summed E-state index contributed by atoms with van der Waals surface area (Å²) in [5.41, 5.74) is 2.20. The van der Waals surface area contributed by atoms with Crippen molar-refractivity contribution in [2.24, 2.45) is 7.05 Å². The third-order valence-corrected chi connectivity index (χ3v) is 3.94. The minimum atomic E-state index is 0.915. The SMILES string of the molecule is CCCc1c(NC)ncnc1Sc1cc(C)nn1C. The van der Waals surface area contributed by atoms with Crippen LogP contribution in [0.5, 0.6) is 0 Å². The Morgan fingerprint density at radius 2 is 2.16 bits per heavy atom. The maximum absolute atomic E-state index is 4.42. The van der Waals surface area contributed by atoms with E-state index in [0.717, 1.165) is 34.4 Å². The lowest BCUT2D eigenvalue weighted by atomic mass is 10.2. The molecule has 0 bridgehead atoms. The molecule has 0 aromatic carbocycles. The summed E-state index contributed by atoms with van der Waals surface area (Å²) in [6.45, 7) is 4.16. The molecule has 0 atom stereocenters. The summed E-state index contributed by atoms with van der Waals surface area (Å²) in [7, 11) is 3.85. The third kappa shape index (κ3) is 3.07. The summed E-state index contributed by atoms with van der Waals surface area (Å²) < 4.78 is 1.89. The zero-order valence-electron chi connectivity index (χ0n) is 11.8. The van der Waals surface area contributed by atoms with Crippen molar-refractivity contribution in [3.8, 4) is 0 Å². The van der Waals surface area contributed by atoms with Crippen LogP contribution in [0, 0.1) is 6.92 Å². The Balaban J connectivity index is 2.36. The molecule has 2 heterocycles. The fourth-order valence-electron chi connectivity index (χ4n) is 1.96. The van der Waals surface area contributed by atoms with Crippen molar-refractivity contribution in [2.75, 3.05) is 12.4 Å². The number of aromatic nitrogens is 4. The largest absolute Gasteiger partial charge is 0.373 e. The van der Waals surface area contributed by atoms with Gasteiger partial charge in [-0.15, -0.1) is 0 Å². The van der Waals surface area contributed by atoms with Gasteiger partial charge >= 0.3 is 0 Å². The summed E-state index contributed by atoms with van der Waals surface area (Å²) in [5, 5.41) is 9.60. The van der Waals surface area contributed by atoms with Crippen molar-refractivity contribution in [3.63, 3.8) is 0 Å². The molecule has 0 fully saturated rings. The van der Waals surface area contributed by atoms with Gasteiger partial charge < -0.3 is 5.32 Å². The van der Waals surface area contributed by atoms with Crippen molar-refractivity contribution < 1.29 is 0 Å². The molecule has 5 nitrogen and oxygen atoms in total. The van der Waals surface area contributed by atoms with E-state index in [0.29, 0.717) is 0 Å². The first-order chi connectivity index (χ1) is 9.15. The Morgan fingerprint density at radius 1 is 1.37 bits per heavy atom. The van der Waals surface area contributed by atoms with Crippen LogP contribution in [0.25, 0.3) is 0 Å². The van der Waals surface area contributed by atoms with Crippen molar-refractivity contribution in [1.82, 2.24) is 19.7 Å². The van der Waals surface area contributed by atoms with Gasteiger partial charge in [0.1, 0.15) is 22.2 Å². The van der Waals surface area contributed by atoms with E-state index in [1.807, 2.05) is 25.7 Å². The van der Waals surface area contributed by atoms with E-state index in [2.05, 4.69) is 33.4 Å². The van der Waals surface area contributed by atoms with E-state index >= 15 is 0 Å². The van der Waals surface area contributed by atoms with Gasteiger partial charge in [0.05, 0.1) is 5.69 Å². The molecule has 0 aliphatic heterocycles. The molecule has 0 aliphatic carbocycles. The molecular weight excluding hydrogens is 258 g/mol. The summed E-state index contributed by atoms with van der Waals surface area (Å²) in [6, 6.07) is 2.07. The van der Waals surface area contributed by atoms with Crippen LogP contribution in [0.3, 0.4) is 0 Å². The van der Waals surface area contributed by atoms with Crippen molar-refractivity contribution in [2.45, 2.75) is 36.7 Å². The molecule has 102 valence electrons. The first-order valence-electron chi connectivity index (χ1n) is 6.35. The molecule has 0 amide bonds. The maximum atomic E-state index is 4.42. The molecule has 2 rings (SSSR count). The van der Waals surface area contributed by atoms with Crippen LogP contribution in [-0.4, -0.2) is 26.8 Å². The Labute approximate surface area is 117 Å². The monoisotopic (exact) mass is 277 g/mol. The van der Waals surface area contributed by atoms with Crippen LogP contribution in [0.4, 0.5) is 5.82 Å². The number of rotatable bonds is 5. The summed E-state index contributed by atoms with van der Waals surface area (Å²) in [4.78, 5) is 8.71. The molecule has 0 unspecified atom stereocenters. The highest BCUT2D eigenvalue weighted by Crippen LogP contribution is 2.31. The zero-order valence-corrected chi connectivity index (χ0v) is 12.6. The second-order valence-electron chi connectivity index (χ2n) is 4.36. The quantitative estimate of drug-likeness (QED) is 0.852. The smallest absolute Gasteiger partial charge is 0.133 e. The van der Waals surface area contributed by atoms with E-state index in [4.69, 9.17) is 0 Å². The van der Waals surface area contributed by atoms with Crippen LogP contribution in [0.1, 0.15) is 24.6 Å². The minimum absolute atomic E-state index is 0.915. The highest BCUT2D eigenvalue weighted by Gasteiger charge is 2.13. The van der Waals surface area contributed by atoms with Crippen molar-refractivity contribution in [1.29, 1.82) is 0 Å². The number of hydrogen-bond donors (Lipinski definition) is 1. The van der Waals surface area contributed by atoms with Crippen LogP contribution in [-0.2, 0) is 13.5 Å². The van der Waals surface area contributed by atoms with Gasteiger partial charge in [-0.05, 0) is 31.2 Å². The molecule has 19 heavy (non-hydrogen) atoms. The Kier molecular flexibility index (Phi) is 4.42. The predicted molar refractivity (Wildman–Crippen MR) is 77.6 cm³/mol. The van der Waals surface area contributed by atoms with E-state index < -0.39 is 0 Å². The molecule has 0 aliphatic rings. The van der Waals surface area contributed by atoms with E-state index in [9.17, 15) is 0 Å². The van der Waals surface area contributed by atoms with Gasteiger partial charge in [0.2, 0.25) is 0 Å². The number of anilines is 1. The standard InChI is InChI=1S/C13H19N5S/c1-5-6-10-12(14-3)15-8-16-13(10)19-11-7-9(2)17-18(11)4/h7-8H,5-6H2,1-4H3,(H,14,15,16). The van der Waals surface area contributed by atoms with Crippen LogP contribution >= 0.6 is 11.8 Å². The lowest BCUT2D eigenvalue weighted by Gasteiger charge is -2.11. The third-order valence-electron chi connectivity index (χ3n) is 2.80. The van der Waals surface area contributed by atoms with Gasteiger partial charge in [-0.2, -0.15) is 5.10 Å². The molecular formula is C13H19N5S. The molecule has 2 aromatic heterocycles. The topological polar surface area (TPSA) is 55.6 Å². The number of aryl methyl sites for hydroxylation is 2. The van der Waals surface area contributed by atoms with Gasteiger partial charge in [0.25, 0.3) is 0 Å². The minimum Gasteiger partial charge on any atom is -0.373 e. The first kappa shape index (κ1) is 13.9. The lowest BCUT2D eigenvalue weighted by molar-refractivity contribution is 0.691. The molecule has 2 aromatic rings. The van der Waals surface area contributed by atoms with E-state index in [1.54, 1.807) is 18.1 Å². The van der Waals surface area contributed by atoms with Gasteiger partial charge in [-0.3, -0.25) is 4.68 Å². The van der Waals surface area contributed by atoms with E-state index in [1.165, 1.54) is 5.56 Å². The summed E-state index contributed by atoms with van der Waals surface area (Å²) in [6.07, 6.45) is 3.65. The fraction of sp³-hybridized carbons (Fsp3) is 0.462. The Hall–Kier alpha value is -1.56. The number of nitrogens with one attached hydrogen (secondary N) is 1. The normalized spacial score (nSPS) is 10.7. The van der Waals surface area contributed by atoms with Crippen molar-refractivity contribution in [3.05, 3.63) is 23.7 Å². The van der Waals surface area contributed by atoms with Gasteiger partial charge in [0, 0.05) is 19.7 Å². The predicted octanol–water partition coefficient (Wildman–Crippen LogP) is 2.66. The van der Waals surface area contributed by atoms with Crippen LogP contribution in [0.2, 0.25) is 0 Å². The second kappa shape index (κ2) is 6.06.